The Hall–Kier alpha value is -6.18. The van der Waals surface area contributed by atoms with E-state index in [0.29, 0.717) is 21.9 Å². The molecular weight excluding hydrogens is 682 g/mol. The number of ether oxygens (including phenoxy) is 2. The summed E-state index contributed by atoms with van der Waals surface area (Å²) in [6.07, 6.45) is -5.89. The van der Waals surface area contributed by atoms with Crippen LogP contribution in [0.25, 0.3) is 0 Å². The normalized spacial score (nSPS) is 15.0. The molecule has 0 aromatic heterocycles. The average molecular weight is 707 g/mol. The van der Waals surface area contributed by atoms with Gasteiger partial charge in [0.1, 0.15) is 34.1 Å². The number of carbonyl (C=O) groups excluding carboxylic acids is 4. The lowest BCUT2D eigenvalue weighted by atomic mass is 9.78. The number of benzene rings is 4. The Labute approximate surface area is 285 Å². The highest BCUT2D eigenvalue weighted by atomic mass is 19.4. The summed E-state index contributed by atoms with van der Waals surface area (Å²) in [6.45, 7) is 3.73. The monoisotopic (exact) mass is 706 g/mol. The van der Waals surface area contributed by atoms with Gasteiger partial charge in [-0.05, 0) is 71.8 Å². The van der Waals surface area contributed by atoms with Gasteiger partial charge in [-0.15, -0.1) is 0 Å². The maximum Gasteiger partial charge on any atom is 0.420 e. The molecule has 4 aromatic carbocycles. The molecule has 260 valence electrons. The third kappa shape index (κ3) is 6.84. The second kappa shape index (κ2) is 12.6. The topological polar surface area (TPSA) is 93.2 Å². The highest BCUT2D eigenvalue weighted by molar-refractivity contribution is 6.28. The lowest BCUT2D eigenvalue weighted by Crippen LogP contribution is -2.29. The molecule has 0 spiro atoms. The fraction of sp³-hybridized carbons (Fsp3) is 0.135. The van der Waals surface area contributed by atoms with E-state index in [4.69, 9.17) is 9.47 Å². The van der Waals surface area contributed by atoms with Crippen molar-refractivity contribution in [1.29, 1.82) is 0 Å². The number of rotatable bonds is 8. The van der Waals surface area contributed by atoms with Crippen LogP contribution in [-0.4, -0.2) is 23.6 Å². The standard InChI is InChI=1S/C37H24F6N2O6/c1-35(2,21-3-9-25(10-4-21)50-29-13-7-23(19-27(29)36(38,39)40)44-31(46)15-16-32(44)47)22-5-11-26(12-6-22)51-30-14-8-24(20-28(30)37(41,42)43)45-33(48)17-18-34(45)49/h3-20H,1-2H3. The van der Waals surface area contributed by atoms with Crippen molar-refractivity contribution < 1.29 is 55.0 Å². The molecule has 0 radical (unpaired) electrons. The molecule has 6 rings (SSSR count). The van der Waals surface area contributed by atoms with Crippen molar-refractivity contribution in [2.75, 3.05) is 9.80 Å². The first-order valence-electron chi connectivity index (χ1n) is 15.0. The lowest BCUT2D eigenvalue weighted by molar-refractivity contribution is -0.139. The van der Waals surface area contributed by atoms with Crippen LogP contribution in [0.2, 0.25) is 0 Å². The summed E-state index contributed by atoms with van der Waals surface area (Å²) in [5.41, 5.74) is -2.13. The summed E-state index contributed by atoms with van der Waals surface area (Å²) >= 11 is 0. The van der Waals surface area contributed by atoms with Crippen molar-refractivity contribution in [3.63, 3.8) is 0 Å². The molecule has 0 N–H and O–H groups in total. The molecule has 2 heterocycles. The third-order valence-corrected chi connectivity index (χ3v) is 8.28. The quantitative estimate of drug-likeness (QED) is 0.135. The maximum atomic E-state index is 14.0. The zero-order valence-corrected chi connectivity index (χ0v) is 26.5. The average Bonchev–Trinajstić information content (AvgIpc) is 3.59. The van der Waals surface area contributed by atoms with Crippen LogP contribution in [0.1, 0.15) is 36.1 Å². The Morgan fingerprint density at radius 1 is 0.471 bits per heavy atom. The summed E-state index contributed by atoms with van der Waals surface area (Å²) < 4.78 is 95.0. The molecule has 4 aromatic rings. The number of hydrogen-bond acceptors (Lipinski definition) is 6. The van der Waals surface area contributed by atoms with E-state index in [-0.39, 0.29) is 22.9 Å². The minimum atomic E-state index is -4.87. The van der Waals surface area contributed by atoms with Crippen molar-refractivity contribution in [3.05, 3.63) is 131 Å². The molecule has 51 heavy (non-hydrogen) atoms. The van der Waals surface area contributed by atoms with Gasteiger partial charge in [0.25, 0.3) is 23.6 Å². The number of carbonyl (C=O) groups is 4. The Kier molecular flexibility index (Phi) is 8.57. The first-order valence-corrected chi connectivity index (χ1v) is 15.0. The smallest absolute Gasteiger partial charge is 0.420 e. The zero-order chi connectivity index (χ0) is 36.9. The van der Waals surface area contributed by atoms with Gasteiger partial charge in [0.2, 0.25) is 0 Å². The van der Waals surface area contributed by atoms with Crippen molar-refractivity contribution in [3.8, 4) is 23.0 Å². The molecule has 2 aliphatic rings. The summed E-state index contributed by atoms with van der Waals surface area (Å²) in [7, 11) is 0. The molecule has 14 heteroatoms. The second-order valence-electron chi connectivity index (χ2n) is 11.9. The van der Waals surface area contributed by atoms with Crippen molar-refractivity contribution in [2.24, 2.45) is 0 Å². The molecule has 8 nitrogen and oxygen atoms in total. The van der Waals surface area contributed by atoms with Gasteiger partial charge >= 0.3 is 12.4 Å². The van der Waals surface area contributed by atoms with Gasteiger partial charge in [0.05, 0.1) is 11.4 Å². The van der Waals surface area contributed by atoms with Crippen LogP contribution in [0.15, 0.2) is 109 Å². The predicted octanol–water partition coefficient (Wildman–Crippen LogP) is 8.49. The van der Waals surface area contributed by atoms with Crippen LogP contribution >= 0.6 is 0 Å². The highest BCUT2D eigenvalue weighted by Gasteiger charge is 2.38. The van der Waals surface area contributed by atoms with E-state index in [9.17, 15) is 45.5 Å². The molecule has 0 atom stereocenters. The third-order valence-electron chi connectivity index (χ3n) is 8.28. The molecule has 0 saturated carbocycles. The first kappa shape index (κ1) is 34.7. The molecule has 0 fully saturated rings. The Balaban J connectivity index is 1.19. The SMILES string of the molecule is CC(C)(c1ccc(Oc2ccc(N3C(=O)C=CC3=O)cc2C(F)(F)F)cc1)c1ccc(Oc2ccc(N3C(=O)C=CC3=O)cc2C(F)(F)F)cc1. The Morgan fingerprint density at radius 2 is 0.784 bits per heavy atom. The van der Waals surface area contributed by atoms with Crippen LogP contribution in [0.5, 0.6) is 23.0 Å². The van der Waals surface area contributed by atoms with Crippen LogP contribution in [0, 0.1) is 0 Å². The Bertz CT molecular complexity index is 1950. The maximum absolute atomic E-state index is 14.0. The molecule has 0 aliphatic carbocycles. The molecule has 0 bridgehead atoms. The van der Waals surface area contributed by atoms with Crippen LogP contribution in [0.4, 0.5) is 37.7 Å². The fourth-order valence-corrected chi connectivity index (χ4v) is 5.54. The minimum Gasteiger partial charge on any atom is -0.457 e. The van der Waals surface area contributed by atoms with E-state index >= 15 is 0 Å². The number of halogens is 6. The van der Waals surface area contributed by atoms with Crippen molar-refractivity contribution in [2.45, 2.75) is 31.6 Å². The number of hydrogen-bond donors (Lipinski definition) is 0. The van der Waals surface area contributed by atoms with Crippen LogP contribution in [-0.2, 0) is 36.9 Å². The number of alkyl halides is 6. The number of amides is 4. The summed E-state index contributed by atoms with van der Waals surface area (Å²) in [5.74, 6) is -4.00. The molecule has 2 aliphatic heterocycles. The molecular formula is C37H24F6N2O6. The second-order valence-corrected chi connectivity index (χ2v) is 11.9. The van der Waals surface area contributed by atoms with Gasteiger partial charge in [0, 0.05) is 29.7 Å². The van der Waals surface area contributed by atoms with Crippen LogP contribution < -0.4 is 19.3 Å². The van der Waals surface area contributed by atoms with Gasteiger partial charge in [-0.25, -0.2) is 9.80 Å². The Morgan fingerprint density at radius 3 is 1.08 bits per heavy atom. The van der Waals surface area contributed by atoms with Gasteiger partial charge in [-0.2, -0.15) is 26.3 Å². The summed E-state index contributed by atoms with van der Waals surface area (Å²) in [4.78, 5) is 49.2. The minimum absolute atomic E-state index is 0.0766. The van der Waals surface area contributed by atoms with E-state index in [2.05, 4.69) is 0 Å². The fourth-order valence-electron chi connectivity index (χ4n) is 5.54. The van der Waals surface area contributed by atoms with Gasteiger partial charge < -0.3 is 9.47 Å². The van der Waals surface area contributed by atoms with E-state index < -0.39 is 64.0 Å². The van der Waals surface area contributed by atoms with Gasteiger partial charge in [-0.1, -0.05) is 38.1 Å². The van der Waals surface area contributed by atoms with Crippen molar-refractivity contribution in [1.82, 2.24) is 0 Å². The number of imide groups is 2. The van der Waals surface area contributed by atoms with Crippen LogP contribution in [0.3, 0.4) is 0 Å². The van der Waals surface area contributed by atoms with E-state index in [1.54, 1.807) is 24.3 Å². The van der Waals surface area contributed by atoms with Gasteiger partial charge in [-0.3, -0.25) is 19.2 Å². The summed E-state index contributed by atoms with van der Waals surface area (Å²) in [5, 5.41) is 0. The number of nitrogens with zero attached hydrogens (tertiary/aromatic N) is 2. The molecule has 0 unspecified atom stereocenters. The van der Waals surface area contributed by atoms with E-state index in [1.165, 1.54) is 36.4 Å². The first-order chi connectivity index (χ1) is 23.9. The summed E-state index contributed by atoms with van der Waals surface area (Å²) in [6, 6.07) is 18.2. The molecule has 0 saturated heterocycles. The lowest BCUT2D eigenvalue weighted by Gasteiger charge is -2.26. The molecule has 4 amide bonds. The van der Waals surface area contributed by atoms with Crippen molar-refractivity contribution >= 4 is 35.0 Å². The van der Waals surface area contributed by atoms with E-state index in [1.807, 2.05) is 13.8 Å². The predicted molar refractivity (Wildman–Crippen MR) is 171 cm³/mol. The van der Waals surface area contributed by atoms with Gasteiger partial charge in [0.15, 0.2) is 0 Å². The highest BCUT2D eigenvalue weighted by Crippen LogP contribution is 2.43. The number of anilines is 2. The largest absolute Gasteiger partial charge is 0.457 e. The van der Waals surface area contributed by atoms with E-state index in [0.717, 1.165) is 47.6 Å². The zero-order valence-electron chi connectivity index (χ0n) is 26.5.